The van der Waals surface area contributed by atoms with E-state index in [-0.39, 0.29) is 12.0 Å². The Morgan fingerprint density at radius 2 is 1.74 bits per heavy atom. The van der Waals surface area contributed by atoms with Crippen LogP contribution in [0.5, 0.6) is 0 Å². The van der Waals surface area contributed by atoms with Crippen molar-refractivity contribution in [3.8, 4) is 0 Å². The number of carbonyl (C=O) groups excluding carboxylic acids is 2. The number of rotatable bonds is 15. The van der Waals surface area contributed by atoms with E-state index in [1.54, 1.807) is 23.8 Å². The van der Waals surface area contributed by atoms with Crippen LogP contribution in [0.15, 0.2) is 42.5 Å². The molecule has 0 bridgehead atoms. The van der Waals surface area contributed by atoms with E-state index < -0.39 is 0 Å². The average Bonchev–Trinajstić information content (AvgIpc) is 2.88. The Hall–Kier alpha value is -1.79. The van der Waals surface area contributed by atoms with Crippen molar-refractivity contribution in [1.82, 2.24) is 10.2 Å². The van der Waals surface area contributed by atoms with Gasteiger partial charge in [0.05, 0.1) is 0 Å². The van der Waals surface area contributed by atoms with E-state index >= 15 is 0 Å². The Bertz CT molecular complexity index is 568. The normalized spacial score (nSPS) is 10.5. The number of methoxy groups -OCH3 is 1. The molecule has 0 aromatic heterocycles. The Labute approximate surface area is 215 Å². The average molecular weight is 497 g/mol. The molecule has 0 fully saturated rings. The zero-order valence-corrected chi connectivity index (χ0v) is 24.0. The summed E-state index contributed by atoms with van der Waals surface area (Å²) in [4.78, 5) is 25.1. The second-order valence-corrected chi connectivity index (χ2v) is 8.12. The van der Waals surface area contributed by atoms with Gasteiger partial charge in [0.2, 0.25) is 12.3 Å². The largest absolute Gasteiger partial charge is 0.372 e. The van der Waals surface area contributed by atoms with Crippen LogP contribution >= 0.6 is 11.8 Å². The lowest BCUT2D eigenvalue weighted by Gasteiger charge is -2.17. The molecule has 198 valence electrons. The molecule has 1 aromatic rings. The molecule has 0 saturated heterocycles. The molecule has 6 heteroatoms. The zero-order valence-electron chi connectivity index (χ0n) is 23.1. The monoisotopic (exact) mass is 496 g/mol. The van der Waals surface area contributed by atoms with Crippen LogP contribution in [0, 0.1) is 0 Å². The highest BCUT2D eigenvalue weighted by molar-refractivity contribution is 7.99. The van der Waals surface area contributed by atoms with Gasteiger partial charge in [0, 0.05) is 38.2 Å². The van der Waals surface area contributed by atoms with E-state index in [9.17, 15) is 9.59 Å². The molecule has 0 radical (unpaired) electrons. The summed E-state index contributed by atoms with van der Waals surface area (Å²) in [5.41, 5.74) is 1.13. The predicted molar refractivity (Wildman–Crippen MR) is 151 cm³/mol. The van der Waals surface area contributed by atoms with Crippen molar-refractivity contribution < 1.29 is 14.3 Å². The van der Waals surface area contributed by atoms with E-state index in [1.165, 1.54) is 6.42 Å². The molecule has 0 aliphatic heterocycles. The first-order chi connectivity index (χ1) is 16.6. The number of ether oxygens (including phenoxy) is 1. The molecule has 0 spiro atoms. The summed E-state index contributed by atoms with van der Waals surface area (Å²) in [5.74, 6) is 1.62. The fourth-order valence-corrected chi connectivity index (χ4v) is 3.39. The minimum atomic E-state index is -0.378. The van der Waals surface area contributed by atoms with Crippen LogP contribution < -0.4 is 5.32 Å². The third-order valence-corrected chi connectivity index (χ3v) is 5.06. The van der Waals surface area contributed by atoms with Crippen LogP contribution in [-0.2, 0) is 20.9 Å². The number of hydrogen-bond donors (Lipinski definition) is 1. The first-order valence-corrected chi connectivity index (χ1v) is 14.0. The first kappa shape index (κ1) is 36.8. The van der Waals surface area contributed by atoms with E-state index in [4.69, 9.17) is 4.74 Å². The second kappa shape index (κ2) is 31.2. The number of amides is 2. The van der Waals surface area contributed by atoms with Crippen molar-refractivity contribution in [3.63, 3.8) is 0 Å². The number of thioether (sulfide) groups is 1. The smallest absolute Gasteiger partial charge is 0.249 e. The van der Waals surface area contributed by atoms with Gasteiger partial charge in [-0.1, -0.05) is 90.4 Å². The number of unbranched alkanes of at least 4 members (excludes halogenated alkanes) is 1. The molecule has 2 amide bonds. The predicted octanol–water partition coefficient (Wildman–Crippen LogP) is 6.72. The molecule has 5 nitrogen and oxygen atoms in total. The van der Waals surface area contributed by atoms with Crippen LogP contribution in [-0.4, -0.2) is 55.0 Å². The van der Waals surface area contributed by atoms with Crippen LogP contribution in [0.4, 0.5) is 0 Å². The molecule has 1 atom stereocenters. The van der Waals surface area contributed by atoms with Gasteiger partial charge in [-0.25, -0.2) is 0 Å². The van der Waals surface area contributed by atoms with Gasteiger partial charge in [-0.2, -0.15) is 11.8 Å². The minimum Gasteiger partial charge on any atom is -0.372 e. The maximum absolute atomic E-state index is 12.1. The topological polar surface area (TPSA) is 58.6 Å². The summed E-state index contributed by atoms with van der Waals surface area (Å²) in [5, 5.41) is 2.93. The summed E-state index contributed by atoms with van der Waals surface area (Å²) in [6.07, 6.45) is 8.52. The maximum Gasteiger partial charge on any atom is 0.249 e. The fourth-order valence-electron chi connectivity index (χ4n) is 2.57. The molecular weight excluding hydrogens is 444 g/mol. The number of hydrogen-bond acceptors (Lipinski definition) is 4. The second-order valence-electron chi connectivity index (χ2n) is 6.90. The van der Waals surface area contributed by atoms with Gasteiger partial charge in [0.25, 0.3) is 0 Å². The number of nitrogens with one attached hydrogen (secondary N) is 1. The van der Waals surface area contributed by atoms with Gasteiger partial charge in [-0.05, 0) is 31.7 Å². The number of carbonyl (C=O) groups is 2. The summed E-state index contributed by atoms with van der Waals surface area (Å²) in [6, 6.07) is 9.95. The number of nitrogens with zero attached hydrogens (tertiary/aromatic N) is 1. The lowest BCUT2D eigenvalue weighted by atomic mass is 10.1. The quantitative estimate of drug-likeness (QED) is 0.166. The van der Waals surface area contributed by atoms with Crippen molar-refractivity contribution in [2.24, 2.45) is 0 Å². The highest BCUT2D eigenvalue weighted by Crippen LogP contribution is 2.07. The van der Waals surface area contributed by atoms with Crippen LogP contribution in [0.1, 0.15) is 79.7 Å². The summed E-state index contributed by atoms with van der Waals surface area (Å²) in [6.45, 7) is 16.2. The number of allylic oxidation sites excluding steroid dienone is 2. The van der Waals surface area contributed by atoms with Crippen molar-refractivity contribution in [1.29, 1.82) is 0 Å². The Kier molecular flexibility index (Phi) is 33.8. The zero-order chi connectivity index (χ0) is 26.5. The SMILES string of the molecule is C/C=C/CCCC(OC)C(=O)NCCSCCN(C=O)Cc1ccccc1.CC.CC.CCC. The van der Waals surface area contributed by atoms with Crippen molar-refractivity contribution in [2.75, 3.05) is 31.7 Å². The molecule has 0 aliphatic carbocycles. The molecule has 0 saturated carbocycles. The van der Waals surface area contributed by atoms with Crippen LogP contribution in [0.25, 0.3) is 0 Å². The van der Waals surface area contributed by atoms with Crippen molar-refractivity contribution in [2.45, 2.75) is 86.8 Å². The molecule has 1 unspecified atom stereocenters. The Balaban J connectivity index is -0.00000124. The van der Waals surface area contributed by atoms with E-state index in [0.717, 1.165) is 42.7 Å². The van der Waals surface area contributed by atoms with Crippen molar-refractivity contribution >= 4 is 24.1 Å². The third-order valence-electron chi connectivity index (χ3n) is 4.10. The molecule has 34 heavy (non-hydrogen) atoms. The maximum atomic E-state index is 12.1. The van der Waals surface area contributed by atoms with Gasteiger partial charge < -0.3 is 15.0 Å². The molecule has 1 rings (SSSR count). The lowest BCUT2D eigenvalue weighted by Crippen LogP contribution is -2.37. The van der Waals surface area contributed by atoms with Crippen LogP contribution in [0.3, 0.4) is 0 Å². The highest BCUT2D eigenvalue weighted by atomic mass is 32.2. The van der Waals surface area contributed by atoms with Gasteiger partial charge in [-0.3, -0.25) is 9.59 Å². The number of benzene rings is 1. The van der Waals surface area contributed by atoms with Crippen LogP contribution in [0.2, 0.25) is 0 Å². The van der Waals surface area contributed by atoms with Gasteiger partial charge in [0.15, 0.2) is 0 Å². The van der Waals surface area contributed by atoms with E-state index in [2.05, 4.69) is 25.2 Å². The third kappa shape index (κ3) is 23.4. The van der Waals surface area contributed by atoms with Gasteiger partial charge >= 0.3 is 0 Å². The van der Waals surface area contributed by atoms with Crippen molar-refractivity contribution in [3.05, 3.63) is 48.0 Å². The first-order valence-electron chi connectivity index (χ1n) is 12.8. The minimum absolute atomic E-state index is 0.0443. The lowest BCUT2D eigenvalue weighted by molar-refractivity contribution is -0.131. The van der Waals surface area contributed by atoms with E-state index in [0.29, 0.717) is 19.6 Å². The molecule has 1 N–H and O–H groups in total. The summed E-state index contributed by atoms with van der Waals surface area (Å²) in [7, 11) is 1.58. The molecule has 1 aromatic carbocycles. The molecular formula is C28H52N2O3S. The summed E-state index contributed by atoms with van der Waals surface area (Å²) >= 11 is 1.73. The van der Waals surface area contributed by atoms with E-state index in [1.807, 2.05) is 71.0 Å². The Morgan fingerprint density at radius 1 is 1.12 bits per heavy atom. The molecule has 0 heterocycles. The fraction of sp³-hybridized carbons (Fsp3) is 0.643. The van der Waals surface area contributed by atoms with Gasteiger partial charge in [-0.15, -0.1) is 0 Å². The molecule has 0 aliphatic rings. The summed E-state index contributed by atoms with van der Waals surface area (Å²) < 4.78 is 5.28. The van der Waals surface area contributed by atoms with Gasteiger partial charge in [0.1, 0.15) is 6.10 Å². The highest BCUT2D eigenvalue weighted by Gasteiger charge is 2.16. The standard InChI is InChI=1S/C21H32N2O3S.C3H8.2C2H6/c1-3-4-5-9-12-20(26-2)21(25)22-13-15-27-16-14-23(18-24)17-19-10-7-6-8-11-19;1-3-2;2*1-2/h3-4,6-8,10-11,18,20H,5,9,12-17H2,1-2H3,(H,22,25);3H2,1-2H3;2*1-2H3/b4-3+;;;. The Morgan fingerprint density at radius 3 is 2.26 bits per heavy atom.